The van der Waals surface area contributed by atoms with Crippen molar-refractivity contribution in [3.05, 3.63) is 48.0 Å². The van der Waals surface area contributed by atoms with Crippen LogP contribution < -0.4 is 5.32 Å². The molecule has 0 amide bonds. The van der Waals surface area contributed by atoms with Gasteiger partial charge in [0.15, 0.2) is 0 Å². The zero-order valence-electron chi connectivity index (χ0n) is 13.8. The molecule has 3 nitrogen and oxygen atoms in total. The van der Waals surface area contributed by atoms with Crippen LogP contribution in [0.5, 0.6) is 0 Å². The van der Waals surface area contributed by atoms with Crippen molar-refractivity contribution in [1.82, 2.24) is 9.88 Å². The molecule has 0 spiro atoms. The highest BCUT2D eigenvalue weighted by molar-refractivity contribution is 7.21. The number of nitrogens with zero attached hydrogens (tertiary/aromatic N) is 2. The fraction of sp³-hybridized carbons (Fsp3) is 0.316. The quantitative estimate of drug-likeness (QED) is 0.713. The normalized spacial score (nSPS) is 15.1. The summed E-state index contributed by atoms with van der Waals surface area (Å²) in [7, 11) is 0. The molecule has 2 aromatic carbocycles. The lowest BCUT2D eigenvalue weighted by molar-refractivity contribution is 0.353. The van der Waals surface area contributed by atoms with Gasteiger partial charge in [0, 0.05) is 18.8 Å². The van der Waals surface area contributed by atoms with Gasteiger partial charge in [0.2, 0.25) is 0 Å². The van der Waals surface area contributed by atoms with Gasteiger partial charge in [0.05, 0.1) is 15.8 Å². The van der Waals surface area contributed by atoms with Gasteiger partial charge in [0.1, 0.15) is 16.6 Å². The van der Waals surface area contributed by atoms with E-state index in [1.165, 1.54) is 55.5 Å². The lowest BCUT2D eigenvalue weighted by Crippen LogP contribution is -2.25. The minimum absolute atomic E-state index is 0.0488. The number of nitrogens with one attached hydrogen (secondary N) is 1. The molecule has 1 N–H and O–H groups in total. The SMILES string of the molecule is Fc1cccc(F)c1-c1nc2ccc(NCCN3CCCC3)cc2s1. The second-order valence-electron chi connectivity index (χ2n) is 6.27. The Morgan fingerprint density at radius 2 is 1.84 bits per heavy atom. The Kier molecular flexibility index (Phi) is 4.63. The number of rotatable bonds is 5. The van der Waals surface area contributed by atoms with Crippen LogP contribution in [0, 0.1) is 11.6 Å². The Hall–Kier alpha value is -2.05. The molecule has 1 fully saturated rings. The molecule has 0 aliphatic carbocycles. The predicted molar refractivity (Wildman–Crippen MR) is 99.1 cm³/mol. The van der Waals surface area contributed by atoms with E-state index in [-0.39, 0.29) is 5.56 Å². The van der Waals surface area contributed by atoms with Crippen LogP contribution in [-0.4, -0.2) is 36.1 Å². The molecule has 0 atom stereocenters. The number of anilines is 1. The fourth-order valence-corrected chi connectivity index (χ4v) is 4.26. The summed E-state index contributed by atoms with van der Waals surface area (Å²) in [4.78, 5) is 6.85. The van der Waals surface area contributed by atoms with Crippen LogP contribution in [0.3, 0.4) is 0 Å². The summed E-state index contributed by atoms with van der Waals surface area (Å²) in [6.45, 7) is 4.30. The highest BCUT2D eigenvalue weighted by Gasteiger charge is 2.16. The lowest BCUT2D eigenvalue weighted by Gasteiger charge is -2.15. The van der Waals surface area contributed by atoms with Crippen LogP contribution in [-0.2, 0) is 0 Å². The number of thiazole rings is 1. The van der Waals surface area contributed by atoms with Crippen molar-refractivity contribution in [2.24, 2.45) is 0 Å². The van der Waals surface area contributed by atoms with Crippen molar-refractivity contribution in [2.75, 3.05) is 31.5 Å². The molecular weight excluding hydrogens is 340 g/mol. The topological polar surface area (TPSA) is 28.2 Å². The van der Waals surface area contributed by atoms with E-state index in [0.717, 1.165) is 29.0 Å². The van der Waals surface area contributed by atoms with Crippen LogP contribution in [0.4, 0.5) is 14.5 Å². The molecule has 0 saturated carbocycles. The molecule has 3 aromatic rings. The monoisotopic (exact) mass is 359 g/mol. The van der Waals surface area contributed by atoms with E-state index in [1.54, 1.807) is 0 Å². The average Bonchev–Trinajstić information content (AvgIpc) is 3.23. The Labute approximate surface area is 149 Å². The van der Waals surface area contributed by atoms with Gasteiger partial charge in [-0.1, -0.05) is 6.07 Å². The molecule has 0 bridgehead atoms. The molecule has 1 aliphatic rings. The second kappa shape index (κ2) is 7.06. The van der Waals surface area contributed by atoms with Crippen LogP contribution in [0.15, 0.2) is 36.4 Å². The smallest absolute Gasteiger partial charge is 0.136 e. The maximum atomic E-state index is 14.0. The second-order valence-corrected chi connectivity index (χ2v) is 7.30. The number of benzene rings is 2. The summed E-state index contributed by atoms with van der Waals surface area (Å²) in [5.74, 6) is -1.16. The predicted octanol–water partition coefficient (Wildman–Crippen LogP) is 4.75. The van der Waals surface area contributed by atoms with Crippen molar-refractivity contribution < 1.29 is 8.78 Å². The first-order chi connectivity index (χ1) is 12.2. The van der Waals surface area contributed by atoms with Crippen LogP contribution in [0.1, 0.15) is 12.8 Å². The Balaban J connectivity index is 1.53. The molecule has 25 heavy (non-hydrogen) atoms. The Morgan fingerprint density at radius 1 is 1.08 bits per heavy atom. The van der Waals surface area contributed by atoms with Crippen molar-refractivity contribution in [1.29, 1.82) is 0 Å². The third kappa shape index (κ3) is 3.50. The number of hydrogen-bond donors (Lipinski definition) is 1. The van der Waals surface area contributed by atoms with E-state index in [1.807, 2.05) is 18.2 Å². The third-order valence-electron chi connectivity index (χ3n) is 4.52. The zero-order valence-corrected chi connectivity index (χ0v) is 14.6. The molecule has 1 aliphatic heterocycles. The summed E-state index contributed by atoms with van der Waals surface area (Å²) >= 11 is 1.31. The first kappa shape index (κ1) is 16.4. The molecule has 6 heteroatoms. The standard InChI is InChI=1S/C19H19F2N3S/c20-14-4-3-5-15(21)18(14)19-23-16-7-6-13(12-17(16)25-19)22-8-11-24-9-1-2-10-24/h3-7,12,22H,1-2,8-11H2. The maximum absolute atomic E-state index is 14.0. The van der Waals surface area contributed by atoms with Crippen molar-refractivity contribution in [2.45, 2.75) is 12.8 Å². The number of likely N-dealkylation sites (tertiary alicyclic amines) is 1. The van der Waals surface area contributed by atoms with Crippen LogP contribution in [0.2, 0.25) is 0 Å². The number of halogens is 2. The molecular formula is C19H19F2N3S. The van der Waals surface area contributed by atoms with E-state index < -0.39 is 11.6 Å². The van der Waals surface area contributed by atoms with Gasteiger partial charge in [-0.3, -0.25) is 0 Å². The van der Waals surface area contributed by atoms with E-state index in [0.29, 0.717) is 5.01 Å². The summed E-state index contributed by atoms with van der Waals surface area (Å²) in [5.41, 5.74) is 1.72. The van der Waals surface area contributed by atoms with Crippen molar-refractivity contribution >= 4 is 27.2 Å². The molecule has 1 saturated heterocycles. The van der Waals surface area contributed by atoms with Crippen molar-refractivity contribution in [3.63, 3.8) is 0 Å². The lowest BCUT2D eigenvalue weighted by atomic mass is 10.2. The molecule has 1 aromatic heterocycles. The summed E-state index contributed by atoms with van der Waals surface area (Å²) < 4.78 is 28.9. The Bertz CT molecular complexity index is 867. The van der Waals surface area contributed by atoms with Crippen molar-refractivity contribution in [3.8, 4) is 10.6 Å². The first-order valence-corrected chi connectivity index (χ1v) is 9.33. The average molecular weight is 359 g/mol. The van der Waals surface area contributed by atoms with E-state index in [2.05, 4.69) is 15.2 Å². The zero-order chi connectivity index (χ0) is 17.2. The molecule has 130 valence electrons. The molecule has 0 radical (unpaired) electrons. The van der Waals surface area contributed by atoms with Gasteiger partial charge in [-0.2, -0.15) is 0 Å². The molecule has 2 heterocycles. The number of hydrogen-bond acceptors (Lipinski definition) is 4. The van der Waals surface area contributed by atoms with Gasteiger partial charge in [0.25, 0.3) is 0 Å². The molecule has 4 rings (SSSR count). The first-order valence-electron chi connectivity index (χ1n) is 8.52. The van der Waals surface area contributed by atoms with Gasteiger partial charge in [-0.05, 0) is 56.3 Å². The van der Waals surface area contributed by atoms with E-state index in [4.69, 9.17) is 0 Å². The van der Waals surface area contributed by atoms with E-state index in [9.17, 15) is 8.78 Å². The summed E-state index contributed by atoms with van der Waals surface area (Å²) in [6.07, 6.45) is 2.59. The van der Waals surface area contributed by atoms with Crippen LogP contribution >= 0.6 is 11.3 Å². The van der Waals surface area contributed by atoms with E-state index >= 15 is 0 Å². The Morgan fingerprint density at radius 3 is 2.60 bits per heavy atom. The van der Waals surface area contributed by atoms with Crippen LogP contribution in [0.25, 0.3) is 20.8 Å². The highest BCUT2D eigenvalue weighted by atomic mass is 32.1. The number of fused-ring (bicyclic) bond motifs is 1. The summed E-state index contributed by atoms with van der Waals surface area (Å²) in [5, 5.41) is 3.80. The minimum atomic E-state index is -0.581. The van der Waals surface area contributed by atoms with Gasteiger partial charge in [-0.15, -0.1) is 11.3 Å². The van der Waals surface area contributed by atoms with Gasteiger partial charge < -0.3 is 10.2 Å². The summed E-state index contributed by atoms with van der Waals surface area (Å²) in [6, 6.07) is 9.74. The highest BCUT2D eigenvalue weighted by Crippen LogP contribution is 2.34. The minimum Gasteiger partial charge on any atom is -0.384 e. The third-order valence-corrected chi connectivity index (χ3v) is 5.56. The fourth-order valence-electron chi connectivity index (χ4n) is 3.21. The maximum Gasteiger partial charge on any atom is 0.136 e. The molecule has 0 unspecified atom stereocenters. The van der Waals surface area contributed by atoms with Gasteiger partial charge >= 0.3 is 0 Å². The van der Waals surface area contributed by atoms with Gasteiger partial charge in [-0.25, -0.2) is 13.8 Å². The number of aromatic nitrogens is 1. The largest absolute Gasteiger partial charge is 0.384 e.